The zero-order valence-electron chi connectivity index (χ0n) is 27.3. The van der Waals surface area contributed by atoms with Crippen LogP contribution in [0.2, 0.25) is 0 Å². The second kappa shape index (κ2) is 8.96. The number of benzene rings is 4. The van der Waals surface area contributed by atoms with Crippen LogP contribution in [0.4, 0.5) is 0 Å². The van der Waals surface area contributed by atoms with Crippen molar-refractivity contribution in [3.63, 3.8) is 0 Å². The molecule has 45 heavy (non-hydrogen) atoms. The van der Waals surface area contributed by atoms with E-state index in [-0.39, 0.29) is 17.1 Å². The fourth-order valence-corrected chi connectivity index (χ4v) is 9.39. The van der Waals surface area contributed by atoms with E-state index in [4.69, 9.17) is 9.47 Å². The number of nitrogens with one attached hydrogen (secondary N) is 2. The van der Waals surface area contributed by atoms with Crippen LogP contribution in [-0.2, 0) is 0 Å². The highest BCUT2D eigenvalue weighted by Crippen LogP contribution is 2.57. The summed E-state index contributed by atoms with van der Waals surface area (Å²) in [6.45, 7) is 17.9. The van der Waals surface area contributed by atoms with Gasteiger partial charge in [-0.1, -0.05) is 48.6 Å². The molecule has 4 nitrogen and oxygen atoms in total. The number of rotatable bonds is 2. The van der Waals surface area contributed by atoms with E-state index in [0.717, 1.165) is 37.2 Å². The number of fused-ring (bicyclic) bond motifs is 13. The van der Waals surface area contributed by atoms with Crippen molar-refractivity contribution in [3.05, 3.63) is 94.6 Å². The average Bonchev–Trinajstić information content (AvgIpc) is 3.54. The number of hydrogen-bond acceptors (Lipinski definition) is 2. The molecule has 2 bridgehead atoms. The van der Waals surface area contributed by atoms with E-state index in [1.54, 1.807) is 0 Å². The Bertz CT molecular complexity index is 2250. The molecule has 1 fully saturated rings. The first-order valence-corrected chi connectivity index (χ1v) is 16.7. The third kappa shape index (κ3) is 3.78. The molecule has 0 spiro atoms. The topological polar surface area (TPSA) is 50.0 Å². The van der Waals surface area contributed by atoms with Gasteiger partial charge in [-0.2, -0.15) is 0 Å². The molecule has 6 aromatic rings. The average molecular weight is 595 g/mol. The second-order valence-corrected chi connectivity index (χ2v) is 15.3. The van der Waals surface area contributed by atoms with Gasteiger partial charge in [-0.3, -0.25) is 0 Å². The molecule has 2 N–H and O–H groups in total. The Morgan fingerprint density at radius 3 is 2.24 bits per heavy atom. The number of hydrogen-bond donors (Lipinski definition) is 2. The Kier molecular flexibility index (Phi) is 5.41. The van der Waals surface area contributed by atoms with Gasteiger partial charge in [0, 0.05) is 44.1 Å². The summed E-state index contributed by atoms with van der Waals surface area (Å²) in [7, 11) is 0. The third-order valence-corrected chi connectivity index (χ3v) is 11.4. The van der Waals surface area contributed by atoms with Gasteiger partial charge in [-0.05, 0) is 114 Å². The van der Waals surface area contributed by atoms with Gasteiger partial charge in [-0.25, -0.2) is 0 Å². The molecule has 0 radical (unpaired) electrons. The maximum absolute atomic E-state index is 6.89. The Balaban J connectivity index is 1.33. The summed E-state index contributed by atoms with van der Waals surface area (Å²) in [5, 5.41) is 5.12. The van der Waals surface area contributed by atoms with Gasteiger partial charge in [0.15, 0.2) is 0 Å². The molecule has 1 saturated carbocycles. The molecule has 1 aliphatic carbocycles. The first kappa shape index (κ1) is 27.2. The molecule has 4 atom stereocenters. The summed E-state index contributed by atoms with van der Waals surface area (Å²) >= 11 is 0. The van der Waals surface area contributed by atoms with E-state index in [1.165, 1.54) is 77.0 Å². The molecule has 4 heteroatoms. The van der Waals surface area contributed by atoms with Gasteiger partial charge < -0.3 is 19.4 Å². The van der Waals surface area contributed by atoms with Gasteiger partial charge >= 0.3 is 0 Å². The van der Waals surface area contributed by atoms with Crippen molar-refractivity contribution >= 4 is 43.6 Å². The lowest BCUT2D eigenvalue weighted by atomic mass is 9.65. The molecule has 2 aliphatic heterocycles. The Morgan fingerprint density at radius 2 is 1.47 bits per heavy atom. The van der Waals surface area contributed by atoms with Gasteiger partial charge in [0.2, 0.25) is 0 Å². The minimum Gasteiger partial charge on any atom is -0.487 e. The van der Waals surface area contributed by atoms with Crippen molar-refractivity contribution in [3.8, 4) is 11.5 Å². The van der Waals surface area contributed by atoms with Crippen molar-refractivity contribution in [1.29, 1.82) is 0 Å². The number of ether oxygens (including phenoxy) is 2. The molecule has 4 heterocycles. The molecule has 0 amide bonds. The van der Waals surface area contributed by atoms with E-state index in [1.807, 2.05) is 0 Å². The van der Waals surface area contributed by atoms with Crippen molar-refractivity contribution in [2.75, 3.05) is 0 Å². The highest BCUT2D eigenvalue weighted by Gasteiger charge is 2.47. The quantitative estimate of drug-likeness (QED) is 0.196. The molecule has 0 unspecified atom stereocenters. The van der Waals surface area contributed by atoms with E-state index in [0.29, 0.717) is 11.8 Å². The van der Waals surface area contributed by atoms with Gasteiger partial charge in [0.1, 0.15) is 22.7 Å². The lowest BCUT2D eigenvalue weighted by Gasteiger charge is -2.48. The lowest BCUT2D eigenvalue weighted by molar-refractivity contribution is 0.00731. The molecular formula is C41H42N2O2. The highest BCUT2D eigenvalue weighted by molar-refractivity contribution is 6.12. The predicted octanol–water partition coefficient (Wildman–Crippen LogP) is 10.9. The zero-order chi connectivity index (χ0) is 31.0. The van der Waals surface area contributed by atoms with Gasteiger partial charge in [0.05, 0.1) is 16.6 Å². The molecular weight excluding hydrogens is 552 g/mol. The normalized spacial score (nSPS) is 25.2. The monoisotopic (exact) mass is 594 g/mol. The van der Waals surface area contributed by atoms with Crippen LogP contribution in [0.5, 0.6) is 11.5 Å². The standard InChI is InChI=1S/C41H42N2O2/c1-21(2)24-15-16-41(7)20-31(24)34-37-29(18-23(4)39(34)45-41)26-12-10-13-27(35(26)43-37)30-19-40(5,6)44-38-22(3)17-28-25-11-8-9-14-32(25)42-36(28)33(30)38/h8-14,17-18,24,30-31,42-43H,1,15-16,19-20H2,2-7H3/t24-,30-,31+,41+/m0/s1. The summed E-state index contributed by atoms with van der Waals surface area (Å²) in [4.78, 5) is 7.87. The number of allylic oxidation sites excluding steroid dienone is 1. The van der Waals surface area contributed by atoms with Crippen molar-refractivity contribution < 1.29 is 9.47 Å². The van der Waals surface area contributed by atoms with Gasteiger partial charge in [-0.15, -0.1) is 0 Å². The molecule has 9 rings (SSSR count). The largest absolute Gasteiger partial charge is 0.487 e. The molecule has 3 aliphatic rings. The number of H-pyrrole nitrogens is 2. The van der Waals surface area contributed by atoms with Crippen LogP contribution in [0, 0.1) is 19.8 Å². The lowest BCUT2D eigenvalue weighted by Crippen LogP contribution is -2.44. The molecule has 4 aromatic carbocycles. The molecule has 0 saturated heterocycles. The smallest absolute Gasteiger partial charge is 0.128 e. The van der Waals surface area contributed by atoms with Crippen LogP contribution >= 0.6 is 0 Å². The summed E-state index contributed by atoms with van der Waals surface area (Å²) in [6, 6.07) is 20.2. The number of aromatic amines is 2. The number of aromatic nitrogens is 2. The summed E-state index contributed by atoms with van der Waals surface area (Å²) < 4.78 is 13.7. The highest BCUT2D eigenvalue weighted by atomic mass is 16.5. The first-order chi connectivity index (χ1) is 21.5. The minimum absolute atomic E-state index is 0.112. The minimum atomic E-state index is -0.304. The van der Waals surface area contributed by atoms with Crippen LogP contribution in [0.1, 0.15) is 93.0 Å². The Hall–Kier alpha value is -4.18. The maximum Gasteiger partial charge on any atom is 0.128 e. The van der Waals surface area contributed by atoms with E-state index in [2.05, 4.69) is 113 Å². The second-order valence-electron chi connectivity index (χ2n) is 15.3. The zero-order valence-corrected chi connectivity index (χ0v) is 27.3. The van der Waals surface area contributed by atoms with Crippen molar-refractivity contribution in [1.82, 2.24) is 9.97 Å². The number of para-hydroxylation sites is 2. The van der Waals surface area contributed by atoms with Crippen molar-refractivity contribution in [2.24, 2.45) is 5.92 Å². The van der Waals surface area contributed by atoms with Gasteiger partial charge in [0.25, 0.3) is 0 Å². The van der Waals surface area contributed by atoms with E-state index in [9.17, 15) is 0 Å². The van der Waals surface area contributed by atoms with Crippen LogP contribution in [-0.4, -0.2) is 21.2 Å². The summed E-state index contributed by atoms with van der Waals surface area (Å²) in [5.41, 5.74) is 12.1. The van der Waals surface area contributed by atoms with E-state index >= 15 is 0 Å². The maximum atomic E-state index is 6.89. The third-order valence-electron chi connectivity index (χ3n) is 11.4. The van der Waals surface area contributed by atoms with Crippen LogP contribution in [0.3, 0.4) is 0 Å². The fraction of sp³-hybridized carbons (Fsp3) is 0.366. The summed E-state index contributed by atoms with van der Waals surface area (Å²) in [6.07, 6.45) is 4.14. The predicted molar refractivity (Wildman–Crippen MR) is 186 cm³/mol. The number of aryl methyl sites for hydroxylation is 2. The molecule has 2 aromatic heterocycles. The Morgan fingerprint density at radius 1 is 0.778 bits per heavy atom. The van der Waals surface area contributed by atoms with Crippen LogP contribution in [0.25, 0.3) is 43.6 Å². The first-order valence-electron chi connectivity index (χ1n) is 16.7. The SMILES string of the molecule is C=C(C)[C@@H]1CC[C@]2(C)C[C@H]1c1c(c(C)cc3c1[nH]c1c([C@@H]4CC(C)(C)Oc5c(C)cc6c([nH]c7ccccc76)c54)cccc13)O2. The molecule has 228 valence electrons. The van der Waals surface area contributed by atoms with E-state index < -0.39 is 0 Å². The summed E-state index contributed by atoms with van der Waals surface area (Å²) in [5.74, 6) is 3.15. The fourth-order valence-electron chi connectivity index (χ4n) is 9.39. The Labute approximate surface area is 264 Å². The van der Waals surface area contributed by atoms with Crippen LogP contribution in [0.15, 0.2) is 66.7 Å². The van der Waals surface area contributed by atoms with Crippen molar-refractivity contribution in [2.45, 2.75) is 90.3 Å². The van der Waals surface area contributed by atoms with Crippen LogP contribution < -0.4 is 9.47 Å².